The summed E-state index contributed by atoms with van der Waals surface area (Å²) >= 11 is 1.54. The van der Waals surface area contributed by atoms with Crippen LogP contribution in [0, 0.1) is 6.92 Å². The van der Waals surface area contributed by atoms with Crippen molar-refractivity contribution in [1.29, 1.82) is 0 Å². The van der Waals surface area contributed by atoms with E-state index in [9.17, 15) is 0 Å². The molecule has 0 saturated heterocycles. The monoisotopic (exact) mass is 323 g/mol. The third-order valence-corrected chi connectivity index (χ3v) is 5.10. The van der Waals surface area contributed by atoms with E-state index < -0.39 is 0 Å². The molecule has 3 heterocycles. The summed E-state index contributed by atoms with van der Waals surface area (Å²) in [6.45, 7) is 2.96. The van der Waals surface area contributed by atoms with Crippen molar-refractivity contribution < 1.29 is 0 Å². The Bertz CT molecular complexity index is 840. The second-order valence-electron chi connectivity index (χ2n) is 5.66. The number of thiazole rings is 1. The van der Waals surface area contributed by atoms with E-state index in [1.807, 2.05) is 30.6 Å². The van der Waals surface area contributed by atoms with Gasteiger partial charge in [0.25, 0.3) is 0 Å². The van der Waals surface area contributed by atoms with Crippen LogP contribution in [0.2, 0.25) is 0 Å². The molecule has 4 rings (SSSR count). The quantitative estimate of drug-likeness (QED) is 0.758. The molecule has 2 aromatic heterocycles. The molecule has 3 aromatic rings. The van der Waals surface area contributed by atoms with Crippen molar-refractivity contribution >= 4 is 16.5 Å². The maximum absolute atomic E-state index is 5.86. The molecule has 5 nitrogen and oxygen atoms in total. The van der Waals surface area contributed by atoms with Crippen molar-refractivity contribution in [3.8, 4) is 11.4 Å². The Morgan fingerprint density at radius 1 is 1.22 bits per heavy atom. The first-order valence-corrected chi connectivity index (χ1v) is 8.40. The maximum atomic E-state index is 5.86. The number of hydrogen-bond acceptors (Lipinski definition) is 6. The van der Waals surface area contributed by atoms with Gasteiger partial charge in [-0.1, -0.05) is 24.3 Å². The van der Waals surface area contributed by atoms with E-state index in [1.165, 1.54) is 10.4 Å². The van der Waals surface area contributed by atoms with E-state index in [4.69, 9.17) is 5.73 Å². The number of nitrogens with two attached hydrogens (primary N) is 1. The molecule has 0 aliphatic carbocycles. The standard InChI is InChI=1S/C17H17N5S/c1-10-4-2-3-5-12(10)16-20-8-11(9-21-16)14-15-13(6-7-19-14)22-17(18)23-15/h2-5,8-9,14,19H,6-7H2,1H3,(H2,18,22). The van der Waals surface area contributed by atoms with E-state index in [0.29, 0.717) is 5.13 Å². The molecule has 3 N–H and O–H groups in total. The summed E-state index contributed by atoms with van der Waals surface area (Å²) in [5, 5.41) is 4.14. The second-order valence-corrected chi connectivity index (χ2v) is 6.72. The molecule has 6 heteroatoms. The summed E-state index contributed by atoms with van der Waals surface area (Å²) in [5.74, 6) is 0.756. The van der Waals surface area contributed by atoms with Crippen LogP contribution in [0.5, 0.6) is 0 Å². The van der Waals surface area contributed by atoms with Gasteiger partial charge < -0.3 is 11.1 Å². The van der Waals surface area contributed by atoms with Gasteiger partial charge in [0, 0.05) is 36.5 Å². The number of aryl methyl sites for hydroxylation is 1. The average molecular weight is 323 g/mol. The highest BCUT2D eigenvalue weighted by Crippen LogP contribution is 2.34. The lowest BCUT2D eigenvalue weighted by atomic mass is 10.0. The van der Waals surface area contributed by atoms with Crippen molar-refractivity contribution in [2.75, 3.05) is 12.3 Å². The van der Waals surface area contributed by atoms with Crippen LogP contribution >= 0.6 is 11.3 Å². The third-order valence-electron chi connectivity index (χ3n) is 4.11. The summed E-state index contributed by atoms with van der Waals surface area (Å²) < 4.78 is 0. The van der Waals surface area contributed by atoms with Crippen molar-refractivity contribution in [3.05, 3.63) is 58.4 Å². The molecule has 116 valence electrons. The van der Waals surface area contributed by atoms with Crippen molar-refractivity contribution in [3.63, 3.8) is 0 Å². The zero-order chi connectivity index (χ0) is 15.8. The molecular formula is C17H17N5S. The predicted octanol–water partition coefficient (Wildman–Crippen LogP) is 2.73. The van der Waals surface area contributed by atoms with Crippen molar-refractivity contribution in [2.24, 2.45) is 0 Å². The fourth-order valence-electron chi connectivity index (χ4n) is 2.93. The number of rotatable bonds is 2. The van der Waals surface area contributed by atoms with E-state index in [0.717, 1.165) is 35.6 Å². The maximum Gasteiger partial charge on any atom is 0.180 e. The topological polar surface area (TPSA) is 76.7 Å². The van der Waals surface area contributed by atoms with Crippen LogP contribution in [-0.4, -0.2) is 21.5 Å². The fraction of sp³-hybridized carbons (Fsp3) is 0.235. The number of benzene rings is 1. The number of aromatic nitrogens is 3. The van der Waals surface area contributed by atoms with Gasteiger partial charge in [0.05, 0.1) is 16.6 Å². The van der Waals surface area contributed by atoms with Gasteiger partial charge in [0.1, 0.15) is 0 Å². The van der Waals surface area contributed by atoms with Crippen LogP contribution in [0.4, 0.5) is 5.13 Å². The molecule has 0 saturated carbocycles. The molecule has 0 radical (unpaired) electrons. The predicted molar refractivity (Wildman–Crippen MR) is 92.3 cm³/mol. The Hall–Kier alpha value is -2.31. The van der Waals surface area contributed by atoms with Crippen molar-refractivity contribution in [1.82, 2.24) is 20.3 Å². The minimum Gasteiger partial charge on any atom is -0.375 e. The first-order chi connectivity index (χ1) is 11.2. The largest absolute Gasteiger partial charge is 0.375 e. The minimum atomic E-state index is 0.0828. The van der Waals surface area contributed by atoms with Crippen LogP contribution < -0.4 is 11.1 Å². The van der Waals surface area contributed by atoms with Gasteiger partial charge in [0.15, 0.2) is 11.0 Å². The van der Waals surface area contributed by atoms with Gasteiger partial charge in [-0.15, -0.1) is 11.3 Å². The molecule has 1 aliphatic heterocycles. The smallest absolute Gasteiger partial charge is 0.180 e. The molecule has 1 aliphatic rings. The SMILES string of the molecule is Cc1ccccc1-c1ncc(C2NCCc3nc(N)sc32)cn1. The molecule has 0 spiro atoms. The van der Waals surface area contributed by atoms with E-state index in [-0.39, 0.29) is 6.04 Å². The molecule has 0 fully saturated rings. The van der Waals surface area contributed by atoms with E-state index >= 15 is 0 Å². The Morgan fingerprint density at radius 2 is 2.00 bits per heavy atom. The lowest BCUT2D eigenvalue weighted by Crippen LogP contribution is -2.29. The molecule has 1 unspecified atom stereocenters. The summed E-state index contributed by atoms with van der Waals surface area (Å²) in [4.78, 5) is 14.7. The normalized spacial score (nSPS) is 17.0. The minimum absolute atomic E-state index is 0.0828. The van der Waals surface area contributed by atoms with Gasteiger partial charge in [0.2, 0.25) is 0 Å². The average Bonchev–Trinajstić information content (AvgIpc) is 2.96. The summed E-state index contributed by atoms with van der Waals surface area (Å²) in [6.07, 6.45) is 4.72. The molecule has 1 atom stereocenters. The van der Waals surface area contributed by atoms with Gasteiger partial charge in [-0.2, -0.15) is 0 Å². The molecule has 0 amide bonds. The van der Waals surface area contributed by atoms with Gasteiger partial charge in [-0.25, -0.2) is 15.0 Å². The highest BCUT2D eigenvalue weighted by molar-refractivity contribution is 7.15. The lowest BCUT2D eigenvalue weighted by Gasteiger charge is -2.22. The number of nitrogens with zero attached hydrogens (tertiary/aromatic N) is 3. The Balaban J connectivity index is 1.68. The summed E-state index contributed by atoms with van der Waals surface area (Å²) in [5.41, 5.74) is 10.3. The third kappa shape index (κ3) is 2.60. The molecule has 1 aromatic carbocycles. The van der Waals surface area contributed by atoms with Crippen LogP contribution in [0.3, 0.4) is 0 Å². The van der Waals surface area contributed by atoms with Gasteiger partial charge in [-0.05, 0) is 12.5 Å². The lowest BCUT2D eigenvalue weighted by molar-refractivity contribution is 0.568. The highest BCUT2D eigenvalue weighted by atomic mass is 32.1. The van der Waals surface area contributed by atoms with E-state index in [1.54, 1.807) is 11.3 Å². The zero-order valence-electron chi connectivity index (χ0n) is 12.8. The number of hydrogen-bond donors (Lipinski definition) is 2. The molecule has 0 bridgehead atoms. The van der Waals surface area contributed by atoms with Gasteiger partial charge in [-0.3, -0.25) is 0 Å². The Morgan fingerprint density at radius 3 is 2.78 bits per heavy atom. The fourth-order valence-corrected chi connectivity index (χ4v) is 3.92. The number of nitrogens with one attached hydrogen (secondary N) is 1. The Labute approximate surface area is 138 Å². The molecular weight excluding hydrogens is 306 g/mol. The Kier molecular flexibility index (Phi) is 3.55. The summed E-state index contributed by atoms with van der Waals surface area (Å²) in [6, 6.07) is 8.23. The number of anilines is 1. The number of fused-ring (bicyclic) bond motifs is 1. The van der Waals surface area contributed by atoms with Crippen LogP contribution in [0.25, 0.3) is 11.4 Å². The van der Waals surface area contributed by atoms with E-state index in [2.05, 4.69) is 33.3 Å². The zero-order valence-corrected chi connectivity index (χ0v) is 13.6. The number of nitrogen functional groups attached to an aromatic ring is 1. The highest BCUT2D eigenvalue weighted by Gasteiger charge is 2.25. The van der Waals surface area contributed by atoms with Crippen LogP contribution in [-0.2, 0) is 6.42 Å². The van der Waals surface area contributed by atoms with Crippen LogP contribution in [0.15, 0.2) is 36.7 Å². The molecule has 23 heavy (non-hydrogen) atoms. The summed E-state index contributed by atoms with van der Waals surface area (Å²) in [7, 11) is 0. The van der Waals surface area contributed by atoms with Crippen LogP contribution in [0.1, 0.15) is 27.7 Å². The second kappa shape index (κ2) is 5.72. The first kappa shape index (κ1) is 14.3. The van der Waals surface area contributed by atoms with Crippen molar-refractivity contribution in [2.45, 2.75) is 19.4 Å². The first-order valence-electron chi connectivity index (χ1n) is 7.59. The van der Waals surface area contributed by atoms with Gasteiger partial charge >= 0.3 is 0 Å².